The molecule has 0 radical (unpaired) electrons. The van der Waals surface area contributed by atoms with Gasteiger partial charge in [0.15, 0.2) is 16.6 Å². The molecule has 0 fully saturated rings. The lowest BCUT2D eigenvalue weighted by molar-refractivity contribution is -0.116. The fraction of sp³-hybridized carbons (Fsp3) is 0.318. The predicted octanol–water partition coefficient (Wildman–Crippen LogP) is 2.86. The Hall–Kier alpha value is -3.33. The zero-order valence-electron chi connectivity index (χ0n) is 18.1. The lowest BCUT2D eigenvalue weighted by atomic mass is 10.1. The average Bonchev–Trinajstić information content (AvgIpc) is 2.79. The van der Waals surface area contributed by atoms with Crippen LogP contribution in [0.1, 0.15) is 12.5 Å². The first-order valence-electron chi connectivity index (χ1n) is 9.68. The monoisotopic (exact) mass is 444 g/mol. The maximum absolute atomic E-state index is 12.2. The fourth-order valence-electron chi connectivity index (χ4n) is 2.64. The molecule has 8 nitrogen and oxygen atoms in total. The molecule has 0 saturated heterocycles. The molecule has 1 unspecified atom stereocenters. The smallest absolute Gasteiger partial charge is 0.244 e. The third-order valence-corrected chi connectivity index (χ3v) is 4.50. The minimum Gasteiger partial charge on any atom is -0.493 e. The Morgan fingerprint density at radius 3 is 2.35 bits per heavy atom. The van der Waals surface area contributed by atoms with Gasteiger partial charge in [-0.1, -0.05) is 13.0 Å². The van der Waals surface area contributed by atoms with Crippen molar-refractivity contribution >= 4 is 35.1 Å². The molecule has 1 aromatic carbocycles. The molecule has 0 aliphatic heterocycles. The minimum atomic E-state index is -0.199. The molecule has 0 bridgehead atoms. The zero-order chi connectivity index (χ0) is 22.6. The Bertz CT molecular complexity index is 881. The minimum absolute atomic E-state index is 0.169. The Labute approximate surface area is 188 Å². The number of anilines is 1. The van der Waals surface area contributed by atoms with Crippen LogP contribution in [0.4, 0.5) is 5.82 Å². The predicted molar refractivity (Wildman–Crippen MR) is 126 cm³/mol. The number of nitrogens with one attached hydrogen (secondary N) is 3. The first-order valence-corrected chi connectivity index (χ1v) is 10.1. The molecule has 0 aliphatic rings. The summed E-state index contributed by atoms with van der Waals surface area (Å²) in [7, 11) is 4.63. The molecule has 9 heteroatoms. The van der Waals surface area contributed by atoms with Gasteiger partial charge < -0.3 is 30.2 Å². The standard InChI is InChI=1S/C22H28N4O4S/c1-15(14-25-22(31)26-19-7-5-6-10-23-19)13-24-20(27)9-8-16-11-17(28-2)21(30-4)18(12-16)29-3/h5-12,15H,13-14H2,1-4H3,(H,24,27)(H2,23,25,26,31)/b9-8+. The van der Waals surface area contributed by atoms with Gasteiger partial charge in [-0.05, 0) is 54.0 Å². The molecule has 0 aliphatic carbocycles. The van der Waals surface area contributed by atoms with E-state index in [-0.39, 0.29) is 11.8 Å². The molecule has 1 atom stereocenters. The lowest BCUT2D eigenvalue weighted by Gasteiger charge is -2.15. The third kappa shape index (κ3) is 7.78. The molecule has 1 aromatic heterocycles. The molecule has 3 N–H and O–H groups in total. The Morgan fingerprint density at radius 1 is 1.10 bits per heavy atom. The summed E-state index contributed by atoms with van der Waals surface area (Å²) in [6, 6.07) is 9.09. The summed E-state index contributed by atoms with van der Waals surface area (Å²) in [6.45, 7) is 3.12. The van der Waals surface area contributed by atoms with E-state index in [4.69, 9.17) is 26.4 Å². The van der Waals surface area contributed by atoms with Crippen molar-refractivity contribution in [2.45, 2.75) is 6.92 Å². The Balaban J connectivity index is 1.80. The summed E-state index contributed by atoms with van der Waals surface area (Å²) in [6.07, 6.45) is 4.84. The topological polar surface area (TPSA) is 93.7 Å². The highest BCUT2D eigenvalue weighted by Gasteiger charge is 2.12. The van der Waals surface area contributed by atoms with Gasteiger partial charge in [0.25, 0.3) is 0 Å². The molecular formula is C22H28N4O4S. The van der Waals surface area contributed by atoms with Crippen molar-refractivity contribution < 1.29 is 19.0 Å². The van der Waals surface area contributed by atoms with Crippen molar-refractivity contribution in [1.82, 2.24) is 15.6 Å². The van der Waals surface area contributed by atoms with Gasteiger partial charge in [-0.2, -0.15) is 0 Å². The second-order valence-electron chi connectivity index (χ2n) is 6.69. The maximum atomic E-state index is 12.2. The van der Waals surface area contributed by atoms with Gasteiger partial charge in [0.2, 0.25) is 11.7 Å². The van der Waals surface area contributed by atoms with Crippen molar-refractivity contribution in [3.63, 3.8) is 0 Å². The summed E-state index contributed by atoms with van der Waals surface area (Å²) >= 11 is 5.25. The van der Waals surface area contributed by atoms with E-state index in [1.54, 1.807) is 45.7 Å². The zero-order valence-corrected chi connectivity index (χ0v) is 18.9. The maximum Gasteiger partial charge on any atom is 0.244 e. The van der Waals surface area contributed by atoms with Gasteiger partial charge in [0.05, 0.1) is 21.3 Å². The normalized spacial score (nSPS) is 11.5. The van der Waals surface area contributed by atoms with Crippen LogP contribution in [-0.4, -0.2) is 50.4 Å². The molecule has 2 rings (SSSR count). The largest absolute Gasteiger partial charge is 0.493 e. The highest BCUT2D eigenvalue weighted by molar-refractivity contribution is 7.80. The third-order valence-electron chi connectivity index (χ3n) is 4.26. The van der Waals surface area contributed by atoms with Crippen LogP contribution in [0, 0.1) is 5.92 Å². The van der Waals surface area contributed by atoms with Crippen molar-refractivity contribution in [2.24, 2.45) is 5.92 Å². The number of hydrogen-bond acceptors (Lipinski definition) is 6. The lowest BCUT2D eigenvalue weighted by Crippen LogP contribution is -2.36. The second-order valence-corrected chi connectivity index (χ2v) is 7.10. The van der Waals surface area contributed by atoms with Crippen LogP contribution in [-0.2, 0) is 4.79 Å². The molecule has 166 valence electrons. The summed E-state index contributed by atoms with van der Waals surface area (Å²) in [5.41, 5.74) is 0.755. The van der Waals surface area contributed by atoms with Gasteiger partial charge in [0.1, 0.15) is 5.82 Å². The number of pyridine rings is 1. The highest BCUT2D eigenvalue weighted by atomic mass is 32.1. The van der Waals surface area contributed by atoms with Crippen LogP contribution in [0.25, 0.3) is 6.08 Å². The number of carbonyl (C=O) groups is 1. The van der Waals surface area contributed by atoms with Gasteiger partial charge in [-0.15, -0.1) is 0 Å². The number of carbonyl (C=O) groups excluding carboxylic acids is 1. The van der Waals surface area contributed by atoms with Crippen molar-refractivity contribution in [2.75, 3.05) is 39.7 Å². The number of rotatable bonds is 10. The van der Waals surface area contributed by atoms with Crippen molar-refractivity contribution in [3.05, 3.63) is 48.2 Å². The van der Waals surface area contributed by atoms with Crippen LogP contribution in [0.15, 0.2) is 42.6 Å². The van der Waals surface area contributed by atoms with Crippen LogP contribution in [0.2, 0.25) is 0 Å². The van der Waals surface area contributed by atoms with E-state index in [1.807, 2.05) is 25.1 Å². The van der Waals surface area contributed by atoms with Gasteiger partial charge >= 0.3 is 0 Å². The van der Waals surface area contributed by atoms with Crippen molar-refractivity contribution in [3.8, 4) is 17.2 Å². The van der Waals surface area contributed by atoms with Gasteiger partial charge in [-0.25, -0.2) is 4.98 Å². The number of hydrogen-bond donors (Lipinski definition) is 3. The number of thiocarbonyl (C=S) groups is 1. The molecular weight excluding hydrogens is 416 g/mol. The molecule has 2 aromatic rings. The van der Waals surface area contributed by atoms with Crippen LogP contribution in [0.5, 0.6) is 17.2 Å². The average molecular weight is 445 g/mol. The fourth-order valence-corrected chi connectivity index (χ4v) is 2.83. The molecule has 0 spiro atoms. The molecule has 1 heterocycles. The van der Waals surface area contributed by atoms with E-state index in [0.717, 1.165) is 5.56 Å². The Morgan fingerprint density at radius 2 is 1.77 bits per heavy atom. The first kappa shape index (κ1) is 23.9. The van der Waals surface area contributed by atoms with Crippen LogP contribution >= 0.6 is 12.2 Å². The summed E-state index contributed by atoms with van der Waals surface area (Å²) in [5.74, 6) is 2.20. The van der Waals surface area contributed by atoms with Crippen LogP contribution in [0.3, 0.4) is 0 Å². The summed E-state index contributed by atoms with van der Waals surface area (Å²) < 4.78 is 15.9. The SMILES string of the molecule is COc1cc(/C=C/C(=O)NCC(C)CNC(=S)Nc2ccccn2)cc(OC)c1OC. The van der Waals surface area contributed by atoms with E-state index in [0.29, 0.717) is 41.3 Å². The second kappa shape index (κ2) is 12.4. The number of amides is 1. The van der Waals surface area contributed by atoms with E-state index < -0.39 is 0 Å². The summed E-state index contributed by atoms with van der Waals surface area (Å²) in [4.78, 5) is 16.3. The number of nitrogens with zero attached hydrogens (tertiary/aromatic N) is 1. The number of methoxy groups -OCH3 is 3. The van der Waals surface area contributed by atoms with E-state index in [9.17, 15) is 4.79 Å². The first-order chi connectivity index (χ1) is 15.0. The van der Waals surface area contributed by atoms with E-state index >= 15 is 0 Å². The number of aromatic nitrogens is 1. The van der Waals surface area contributed by atoms with E-state index in [1.165, 1.54) is 6.08 Å². The summed E-state index contributed by atoms with van der Waals surface area (Å²) in [5, 5.41) is 9.49. The quantitative estimate of drug-likeness (QED) is 0.381. The highest BCUT2D eigenvalue weighted by Crippen LogP contribution is 2.38. The Kier molecular flexibility index (Phi) is 9.57. The van der Waals surface area contributed by atoms with Gasteiger partial charge in [0, 0.05) is 25.4 Å². The molecule has 0 saturated carbocycles. The molecule has 1 amide bonds. The number of benzene rings is 1. The molecule has 31 heavy (non-hydrogen) atoms. The van der Waals surface area contributed by atoms with E-state index in [2.05, 4.69) is 20.9 Å². The number of ether oxygens (including phenoxy) is 3. The van der Waals surface area contributed by atoms with Gasteiger partial charge in [-0.3, -0.25) is 4.79 Å². The van der Waals surface area contributed by atoms with Crippen molar-refractivity contribution in [1.29, 1.82) is 0 Å². The van der Waals surface area contributed by atoms with Crippen LogP contribution < -0.4 is 30.2 Å².